The summed E-state index contributed by atoms with van der Waals surface area (Å²) >= 11 is 0. The van der Waals surface area contributed by atoms with Gasteiger partial charge in [-0.05, 0) is 0 Å². The van der Waals surface area contributed by atoms with Crippen molar-refractivity contribution in [2.75, 3.05) is 5.75 Å². The Morgan fingerprint density at radius 3 is 2.38 bits per heavy atom. The van der Waals surface area contributed by atoms with Gasteiger partial charge in [0.2, 0.25) is 0 Å². The highest BCUT2D eigenvalue weighted by atomic mass is 32.2. The van der Waals surface area contributed by atoms with E-state index in [0.29, 0.717) is 0 Å². The zero-order chi connectivity index (χ0) is 6.20. The number of hydrogen-bond donors (Lipinski definition) is 0. The van der Waals surface area contributed by atoms with Gasteiger partial charge in [0.1, 0.15) is 5.75 Å². The minimum Gasteiger partial charge on any atom is -0.292 e. The summed E-state index contributed by atoms with van der Waals surface area (Å²) < 4.78 is 23.4. The zero-order valence-electron chi connectivity index (χ0n) is 3.86. The lowest BCUT2D eigenvalue weighted by atomic mass is 10.5. The largest absolute Gasteiger partial charge is 0.292 e. The molecule has 1 heterocycles. The van der Waals surface area contributed by atoms with E-state index >= 15 is 0 Å². The van der Waals surface area contributed by atoms with Gasteiger partial charge in [0.15, 0.2) is 5.78 Å². The molecular weight excluding hydrogens is 130 g/mol. The van der Waals surface area contributed by atoms with Crippen molar-refractivity contribution in [3.8, 4) is 0 Å². The van der Waals surface area contributed by atoms with Crippen molar-refractivity contribution in [3.05, 3.63) is 0 Å². The second-order valence-electron chi connectivity index (χ2n) is 1.43. The van der Waals surface area contributed by atoms with E-state index in [9.17, 15) is 13.2 Å². The first-order valence-corrected chi connectivity index (χ1v) is 3.52. The van der Waals surface area contributed by atoms with E-state index in [1.807, 2.05) is 0 Å². The van der Waals surface area contributed by atoms with Crippen LogP contribution in [0.5, 0.6) is 0 Å². The van der Waals surface area contributed by atoms with E-state index in [1.165, 1.54) is 0 Å². The van der Waals surface area contributed by atoms with Crippen LogP contribution in [0.2, 0.25) is 0 Å². The number of Topliss-reactive ketones (excluding diaryl/α,β-unsaturated/α-hetero) is 1. The van der Waals surface area contributed by atoms with Gasteiger partial charge in [-0.25, -0.2) is 8.42 Å². The molecule has 0 aliphatic carbocycles. The van der Waals surface area contributed by atoms with Gasteiger partial charge in [0, 0.05) is 0 Å². The van der Waals surface area contributed by atoms with E-state index in [-0.39, 0.29) is 0 Å². The molecule has 0 radical (unpaired) electrons. The lowest BCUT2D eigenvalue weighted by Gasteiger charge is -1.77. The van der Waals surface area contributed by atoms with Crippen molar-refractivity contribution in [2.24, 2.45) is 4.40 Å². The van der Waals surface area contributed by atoms with E-state index in [1.54, 1.807) is 0 Å². The minimum atomic E-state index is -3.38. The molecule has 0 N–H and O–H groups in total. The topological polar surface area (TPSA) is 63.6 Å². The Morgan fingerprint density at radius 1 is 1.62 bits per heavy atom. The second-order valence-corrected chi connectivity index (χ2v) is 3.09. The first-order valence-electron chi connectivity index (χ1n) is 1.91. The monoisotopic (exact) mass is 133 g/mol. The quantitative estimate of drug-likeness (QED) is 0.424. The third-order valence-corrected chi connectivity index (χ3v) is 1.76. The fourth-order valence-electron chi connectivity index (χ4n) is 0.393. The smallest absolute Gasteiger partial charge is 0.260 e. The van der Waals surface area contributed by atoms with Gasteiger partial charge in [-0.1, -0.05) is 0 Å². The molecule has 0 spiro atoms. The predicted octanol–water partition coefficient (Wildman–Crippen LogP) is -1.03. The first-order chi connectivity index (χ1) is 3.60. The van der Waals surface area contributed by atoms with Gasteiger partial charge >= 0.3 is 0 Å². The fourth-order valence-corrected chi connectivity index (χ4v) is 1.18. The van der Waals surface area contributed by atoms with Gasteiger partial charge in [-0.2, -0.15) is 4.40 Å². The summed E-state index contributed by atoms with van der Waals surface area (Å²) in [6, 6.07) is 0. The molecule has 0 bridgehead atoms. The van der Waals surface area contributed by atoms with Crippen molar-refractivity contribution in [1.29, 1.82) is 0 Å². The summed E-state index contributed by atoms with van der Waals surface area (Å²) in [5.74, 6) is -0.891. The molecule has 0 aromatic heterocycles. The molecule has 1 rings (SSSR count). The molecule has 0 amide bonds. The van der Waals surface area contributed by atoms with Crippen molar-refractivity contribution < 1.29 is 13.2 Å². The van der Waals surface area contributed by atoms with Gasteiger partial charge in [-0.15, -0.1) is 0 Å². The summed E-state index contributed by atoms with van der Waals surface area (Å²) in [5.41, 5.74) is 0. The molecular formula is C3H3NO3S. The Hall–Kier alpha value is -0.710. The highest BCUT2D eigenvalue weighted by Gasteiger charge is 2.19. The SMILES string of the molecule is O=C1C=NS(=O)(=O)C1. The molecule has 4 nitrogen and oxygen atoms in total. The Balaban J connectivity index is 3.06. The molecule has 0 fully saturated rings. The zero-order valence-corrected chi connectivity index (χ0v) is 4.68. The van der Waals surface area contributed by atoms with Crippen molar-refractivity contribution in [1.82, 2.24) is 0 Å². The average molecular weight is 133 g/mol. The summed E-state index contributed by atoms with van der Waals surface area (Å²) in [6.45, 7) is 0. The normalized spacial score (nSPS) is 24.2. The molecule has 1 aliphatic rings. The van der Waals surface area contributed by atoms with Crippen molar-refractivity contribution in [3.63, 3.8) is 0 Å². The van der Waals surface area contributed by atoms with Gasteiger partial charge in [0.25, 0.3) is 10.0 Å². The molecule has 0 aromatic carbocycles. The van der Waals surface area contributed by atoms with Gasteiger partial charge in [0.05, 0.1) is 6.21 Å². The Morgan fingerprint density at radius 2 is 2.25 bits per heavy atom. The summed E-state index contributed by atoms with van der Waals surface area (Å²) in [7, 11) is -3.38. The second kappa shape index (κ2) is 1.38. The first kappa shape index (κ1) is 5.43. The molecule has 0 unspecified atom stereocenters. The number of carbonyl (C=O) groups is 1. The van der Waals surface area contributed by atoms with E-state index in [4.69, 9.17) is 0 Å². The predicted molar refractivity (Wildman–Crippen MR) is 27.3 cm³/mol. The molecule has 1 aliphatic heterocycles. The van der Waals surface area contributed by atoms with Crippen LogP contribution in [0.15, 0.2) is 4.40 Å². The third kappa shape index (κ3) is 0.919. The number of nitrogens with zero attached hydrogens (tertiary/aromatic N) is 1. The number of rotatable bonds is 0. The van der Waals surface area contributed by atoms with Crippen LogP contribution in [-0.4, -0.2) is 26.2 Å². The highest BCUT2D eigenvalue weighted by Crippen LogP contribution is 1.97. The fraction of sp³-hybridized carbons (Fsp3) is 0.333. The van der Waals surface area contributed by atoms with Crippen LogP contribution in [0.25, 0.3) is 0 Å². The lowest BCUT2D eigenvalue weighted by Crippen LogP contribution is -2.04. The van der Waals surface area contributed by atoms with Crippen molar-refractivity contribution in [2.45, 2.75) is 0 Å². The summed E-state index contributed by atoms with van der Waals surface area (Å²) in [4.78, 5) is 10.1. The van der Waals surface area contributed by atoms with E-state index in [2.05, 4.69) is 4.40 Å². The highest BCUT2D eigenvalue weighted by molar-refractivity contribution is 7.91. The Bertz CT molecular complexity index is 237. The molecule has 0 saturated heterocycles. The van der Waals surface area contributed by atoms with E-state index < -0.39 is 21.6 Å². The standard InChI is InChI=1S/C3H3NO3S/c5-3-1-4-8(6,7)2-3/h1H,2H2. The Labute approximate surface area is 46.3 Å². The molecule has 44 valence electrons. The van der Waals surface area contributed by atoms with Gasteiger partial charge in [-0.3, -0.25) is 4.79 Å². The van der Waals surface area contributed by atoms with Crippen LogP contribution in [-0.2, 0) is 14.8 Å². The molecule has 8 heavy (non-hydrogen) atoms. The van der Waals surface area contributed by atoms with Crippen LogP contribution in [0, 0.1) is 0 Å². The number of hydrogen-bond acceptors (Lipinski definition) is 3. The van der Waals surface area contributed by atoms with Crippen LogP contribution in [0.1, 0.15) is 0 Å². The average Bonchev–Trinajstić information content (AvgIpc) is 1.82. The maximum atomic E-state index is 10.2. The molecule has 0 aromatic rings. The van der Waals surface area contributed by atoms with E-state index in [0.717, 1.165) is 6.21 Å². The summed E-state index contributed by atoms with van der Waals surface area (Å²) in [6.07, 6.45) is 0.829. The Kier molecular flexibility index (Phi) is 0.937. The minimum absolute atomic E-state index is 0.440. The lowest BCUT2D eigenvalue weighted by molar-refractivity contribution is -0.110. The third-order valence-electron chi connectivity index (χ3n) is 0.682. The maximum Gasteiger partial charge on any atom is 0.260 e. The number of ketones is 1. The van der Waals surface area contributed by atoms with Crippen LogP contribution in [0.4, 0.5) is 0 Å². The molecule has 0 atom stereocenters. The molecule has 0 saturated carbocycles. The number of sulfonamides is 1. The molecule has 5 heteroatoms. The van der Waals surface area contributed by atoms with Crippen LogP contribution >= 0.6 is 0 Å². The van der Waals surface area contributed by atoms with Crippen molar-refractivity contribution >= 4 is 22.0 Å². The number of carbonyl (C=O) groups excluding carboxylic acids is 1. The van der Waals surface area contributed by atoms with Crippen LogP contribution in [0.3, 0.4) is 0 Å². The maximum absolute atomic E-state index is 10.2. The summed E-state index contributed by atoms with van der Waals surface area (Å²) in [5, 5.41) is 0. The van der Waals surface area contributed by atoms with Crippen LogP contribution < -0.4 is 0 Å². The van der Waals surface area contributed by atoms with Gasteiger partial charge < -0.3 is 0 Å².